The van der Waals surface area contributed by atoms with Crippen LogP contribution >= 0.6 is 0 Å². The molecule has 5 rings (SSSR count). The molecule has 0 spiro atoms. The Bertz CT molecular complexity index is 1220. The summed E-state index contributed by atoms with van der Waals surface area (Å²) in [6, 6.07) is 6.18. The molecular weight excluding hydrogens is 499 g/mol. The van der Waals surface area contributed by atoms with E-state index in [2.05, 4.69) is 25.5 Å². The van der Waals surface area contributed by atoms with Crippen molar-refractivity contribution in [3.05, 3.63) is 58.9 Å². The van der Waals surface area contributed by atoms with Crippen molar-refractivity contribution in [2.24, 2.45) is 17.8 Å². The quantitative estimate of drug-likeness (QED) is 0.537. The number of benzene rings is 1. The number of likely N-dealkylation sites (tertiary alicyclic amines) is 2. The summed E-state index contributed by atoms with van der Waals surface area (Å²) in [7, 11) is 0. The second-order valence-corrected chi connectivity index (χ2v) is 11.4. The van der Waals surface area contributed by atoms with Gasteiger partial charge in [0.2, 0.25) is 11.8 Å². The molecule has 1 aromatic carbocycles. The highest BCUT2D eigenvalue weighted by molar-refractivity contribution is 5.96. The molecule has 9 nitrogen and oxygen atoms in total. The van der Waals surface area contributed by atoms with Gasteiger partial charge in [0, 0.05) is 51.6 Å². The van der Waals surface area contributed by atoms with E-state index in [4.69, 9.17) is 0 Å². The number of hydrogen-bond donors (Lipinski definition) is 2. The summed E-state index contributed by atoms with van der Waals surface area (Å²) in [5.74, 6) is 0.222. The fourth-order valence-electron chi connectivity index (χ4n) is 6.38. The van der Waals surface area contributed by atoms with Crippen LogP contribution in [-0.2, 0) is 9.59 Å². The number of nitrogens with one attached hydrogen (secondary N) is 2. The Labute approximate surface area is 228 Å². The average Bonchev–Trinajstić information content (AvgIpc) is 3.42. The molecule has 2 saturated heterocycles. The van der Waals surface area contributed by atoms with Crippen molar-refractivity contribution in [1.29, 1.82) is 0 Å². The number of aromatic nitrogens is 2. The first kappa shape index (κ1) is 27.2. The molecular formula is C29H37FN6O3. The number of rotatable bonds is 8. The zero-order valence-corrected chi connectivity index (χ0v) is 22.8. The van der Waals surface area contributed by atoms with Gasteiger partial charge < -0.3 is 20.4 Å². The molecule has 2 N–H and O–H groups in total. The highest BCUT2D eigenvalue weighted by Crippen LogP contribution is 2.34. The predicted octanol–water partition coefficient (Wildman–Crippen LogP) is 2.40. The van der Waals surface area contributed by atoms with Crippen LogP contribution in [0.2, 0.25) is 0 Å². The molecule has 2 aromatic rings. The molecule has 2 aliphatic heterocycles. The monoisotopic (exact) mass is 536 g/mol. The summed E-state index contributed by atoms with van der Waals surface area (Å²) in [6.07, 6.45) is 3.41. The van der Waals surface area contributed by atoms with Gasteiger partial charge in [-0.3, -0.25) is 14.4 Å². The predicted molar refractivity (Wildman–Crippen MR) is 143 cm³/mol. The van der Waals surface area contributed by atoms with Gasteiger partial charge in [0.25, 0.3) is 5.91 Å². The Morgan fingerprint density at radius 3 is 2.33 bits per heavy atom. The van der Waals surface area contributed by atoms with Gasteiger partial charge in [0.15, 0.2) is 0 Å². The molecule has 3 amide bonds. The molecule has 1 aliphatic carbocycles. The van der Waals surface area contributed by atoms with Crippen LogP contribution in [0, 0.1) is 37.4 Å². The summed E-state index contributed by atoms with van der Waals surface area (Å²) >= 11 is 0. The second-order valence-electron chi connectivity index (χ2n) is 11.4. The molecule has 3 fully saturated rings. The first-order valence-corrected chi connectivity index (χ1v) is 13.8. The van der Waals surface area contributed by atoms with E-state index < -0.39 is 0 Å². The molecule has 1 aromatic heterocycles. The van der Waals surface area contributed by atoms with Crippen molar-refractivity contribution in [1.82, 2.24) is 30.4 Å². The second kappa shape index (κ2) is 11.4. The number of hydrogen-bond acceptors (Lipinski definition) is 6. The minimum absolute atomic E-state index is 0.0113. The number of amides is 3. The number of carbonyl (C=O) groups is 3. The van der Waals surface area contributed by atoms with E-state index in [0.717, 1.165) is 38.3 Å². The van der Waals surface area contributed by atoms with Crippen LogP contribution in [0.3, 0.4) is 0 Å². The lowest BCUT2D eigenvalue weighted by Gasteiger charge is -2.35. The molecule has 3 atom stereocenters. The van der Waals surface area contributed by atoms with Crippen LogP contribution in [0.25, 0.3) is 0 Å². The van der Waals surface area contributed by atoms with Crippen molar-refractivity contribution >= 4 is 17.7 Å². The molecule has 208 valence electrons. The number of nitrogens with zero attached hydrogens (tertiary/aromatic N) is 4. The minimum Gasteiger partial charge on any atom is -0.354 e. The van der Waals surface area contributed by atoms with E-state index in [1.807, 2.05) is 24.8 Å². The lowest BCUT2D eigenvalue weighted by atomic mass is 9.79. The summed E-state index contributed by atoms with van der Waals surface area (Å²) in [6.45, 7) is 9.16. The third-order valence-corrected chi connectivity index (χ3v) is 8.51. The van der Waals surface area contributed by atoms with Crippen LogP contribution in [0.15, 0.2) is 30.6 Å². The SMILES string of the molecule is CC(=O)NC1CC(C(=O)NC(CCN2CC3CN(C(=O)c4c(C)ncnc4C)C[C@@H]3C2)c2cccc(F)c2)C1. The summed E-state index contributed by atoms with van der Waals surface area (Å²) in [5.41, 5.74) is 2.79. The molecule has 1 saturated carbocycles. The van der Waals surface area contributed by atoms with E-state index in [-0.39, 0.29) is 41.5 Å². The van der Waals surface area contributed by atoms with Gasteiger partial charge in [-0.05, 0) is 62.6 Å². The van der Waals surface area contributed by atoms with Crippen LogP contribution in [0.4, 0.5) is 4.39 Å². The van der Waals surface area contributed by atoms with E-state index >= 15 is 0 Å². The zero-order chi connectivity index (χ0) is 27.7. The Morgan fingerprint density at radius 1 is 1.05 bits per heavy atom. The molecule has 0 radical (unpaired) electrons. The fourth-order valence-corrected chi connectivity index (χ4v) is 6.38. The zero-order valence-electron chi connectivity index (χ0n) is 22.8. The van der Waals surface area contributed by atoms with Gasteiger partial charge in [-0.2, -0.15) is 0 Å². The molecule has 10 heteroatoms. The van der Waals surface area contributed by atoms with Crippen LogP contribution < -0.4 is 10.6 Å². The summed E-state index contributed by atoms with van der Waals surface area (Å²) in [5, 5.41) is 6.01. The minimum atomic E-state index is -0.323. The van der Waals surface area contributed by atoms with E-state index in [1.54, 1.807) is 6.07 Å². The third kappa shape index (κ3) is 6.11. The Hall–Kier alpha value is -3.40. The Morgan fingerprint density at radius 2 is 1.72 bits per heavy atom. The first-order valence-electron chi connectivity index (χ1n) is 13.8. The first-order chi connectivity index (χ1) is 18.7. The number of fused-ring (bicyclic) bond motifs is 1. The normalized spacial score (nSPS) is 25.1. The maximum absolute atomic E-state index is 14.0. The van der Waals surface area contributed by atoms with Crippen molar-refractivity contribution < 1.29 is 18.8 Å². The molecule has 0 bridgehead atoms. The van der Waals surface area contributed by atoms with Crippen molar-refractivity contribution in [2.75, 3.05) is 32.7 Å². The fraction of sp³-hybridized carbons (Fsp3) is 0.552. The van der Waals surface area contributed by atoms with Crippen LogP contribution in [-0.4, -0.2) is 76.3 Å². The highest BCUT2D eigenvalue weighted by atomic mass is 19.1. The van der Waals surface area contributed by atoms with Gasteiger partial charge >= 0.3 is 0 Å². The summed E-state index contributed by atoms with van der Waals surface area (Å²) in [4.78, 5) is 50.2. The maximum Gasteiger partial charge on any atom is 0.257 e. The van der Waals surface area contributed by atoms with Crippen molar-refractivity contribution in [3.63, 3.8) is 0 Å². The smallest absolute Gasteiger partial charge is 0.257 e. The van der Waals surface area contributed by atoms with Gasteiger partial charge in [-0.1, -0.05) is 12.1 Å². The molecule has 3 aliphatic rings. The highest BCUT2D eigenvalue weighted by Gasteiger charge is 2.42. The average molecular weight is 537 g/mol. The van der Waals surface area contributed by atoms with E-state index in [1.165, 1.54) is 25.4 Å². The number of halogens is 1. The largest absolute Gasteiger partial charge is 0.354 e. The Balaban J connectivity index is 1.16. The van der Waals surface area contributed by atoms with Gasteiger partial charge in [-0.25, -0.2) is 14.4 Å². The van der Waals surface area contributed by atoms with Crippen LogP contribution in [0.1, 0.15) is 59.5 Å². The molecule has 3 heterocycles. The van der Waals surface area contributed by atoms with E-state index in [0.29, 0.717) is 48.0 Å². The van der Waals surface area contributed by atoms with Gasteiger partial charge in [0.1, 0.15) is 12.1 Å². The Kier molecular flexibility index (Phi) is 7.93. The van der Waals surface area contributed by atoms with Crippen molar-refractivity contribution in [3.8, 4) is 0 Å². The summed E-state index contributed by atoms with van der Waals surface area (Å²) < 4.78 is 14.0. The standard InChI is InChI=1S/C29H37FN6O3/c1-17-27(18(2)32-16-31-17)29(39)36-14-22-12-35(13-23(22)15-36)8-7-26(20-5-4-6-24(30)9-20)34-28(38)21-10-25(11-21)33-19(3)37/h4-6,9,16,21-23,25-26H,7-8,10-15H2,1-3H3,(H,33,37)(H,34,38)/t21?,22-,23?,25?,26?/m0/s1. The lowest BCUT2D eigenvalue weighted by molar-refractivity contribution is -0.131. The van der Waals surface area contributed by atoms with Gasteiger partial charge in [0.05, 0.1) is 23.0 Å². The third-order valence-electron chi connectivity index (χ3n) is 8.51. The van der Waals surface area contributed by atoms with Crippen LogP contribution in [0.5, 0.6) is 0 Å². The van der Waals surface area contributed by atoms with Crippen molar-refractivity contribution in [2.45, 2.75) is 52.1 Å². The number of carbonyl (C=O) groups excluding carboxylic acids is 3. The lowest BCUT2D eigenvalue weighted by Crippen LogP contribution is -2.49. The maximum atomic E-state index is 14.0. The molecule has 2 unspecified atom stereocenters. The topological polar surface area (TPSA) is 108 Å². The molecule has 39 heavy (non-hydrogen) atoms. The van der Waals surface area contributed by atoms with Gasteiger partial charge in [-0.15, -0.1) is 0 Å². The van der Waals surface area contributed by atoms with E-state index in [9.17, 15) is 18.8 Å². The number of aryl methyl sites for hydroxylation is 2.